The molecule has 0 heterocycles. The van der Waals surface area contributed by atoms with Crippen LogP contribution >= 0.6 is 0 Å². The van der Waals surface area contributed by atoms with Gasteiger partial charge in [-0.2, -0.15) is 0 Å². The van der Waals surface area contributed by atoms with Crippen LogP contribution in [0.1, 0.15) is 26.3 Å². The molecule has 0 saturated heterocycles. The minimum Gasteiger partial charge on any atom is -0.380 e. The van der Waals surface area contributed by atoms with Crippen molar-refractivity contribution in [3.05, 3.63) is 29.8 Å². The highest BCUT2D eigenvalue weighted by Gasteiger charge is 2.55. The molecule has 0 amide bonds. The number of benzene rings is 1. The van der Waals surface area contributed by atoms with Crippen LogP contribution in [0.2, 0.25) is 0 Å². The van der Waals surface area contributed by atoms with Gasteiger partial charge in [0.2, 0.25) is 10.0 Å². The molecule has 1 aromatic rings. The standard InChI is InChI=1S/C15H23NO3S/c1-10-7-6-8-12(9-10)20(17,18)16-13-11(2)14(19-5)15(13,3)4/h6-9,11,13-14,16H,1-5H3. The first-order valence-electron chi connectivity index (χ1n) is 6.82. The van der Waals surface area contributed by atoms with Crippen LogP contribution in [-0.4, -0.2) is 27.7 Å². The highest BCUT2D eigenvalue weighted by Crippen LogP contribution is 2.47. The van der Waals surface area contributed by atoms with Crippen molar-refractivity contribution in [2.75, 3.05) is 7.11 Å². The summed E-state index contributed by atoms with van der Waals surface area (Å²) in [5.74, 6) is 0.162. The van der Waals surface area contributed by atoms with Crippen LogP contribution in [-0.2, 0) is 14.8 Å². The maximum atomic E-state index is 12.5. The van der Waals surface area contributed by atoms with E-state index in [9.17, 15) is 8.42 Å². The third-order valence-corrected chi connectivity index (χ3v) is 5.81. The summed E-state index contributed by atoms with van der Waals surface area (Å²) in [5, 5.41) is 0. The quantitative estimate of drug-likeness (QED) is 0.928. The van der Waals surface area contributed by atoms with Crippen molar-refractivity contribution >= 4 is 10.0 Å². The van der Waals surface area contributed by atoms with Crippen LogP contribution in [0.3, 0.4) is 0 Å². The summed E-state index contributed by atoms with van der Waals surface area (Å²) in [5.41, 5.74) is 0.731. The second-order valence-electron chi connectivity index (χ2n) is 6.25. The molecule has 0 bridgehead atoms. The van der Waals surface area contributed by atoms with Crippen LogP contribution in [0.5, 0.6) is 0 Å². The average molecular weight is 297 g/mol. The van der Waals surface area contributed by atoms with E-state index in [0.29, 0.717) is 4.90 Å². The van der Waals surface area contributed by atoms with Gasteiger partial charge in [0.25, 0.3) is 0 Å². The Morgan fingerprint density at radius 1 is 1.30 bits per heavy atom. The van der Waals surface area contributed by atoms with E-state index in [1.165, 1.54) is 0 Å². The summed E-state index contributed by atoms with van der Waals surface area (Å²) in [4.78, 5) is 0.321. The first-order valence-corrected chi connectivity index (χ1v) is 8.30. The Hall–Kier alpha value is -0.910. The number of rotatable bonds is 4. The van der Waals surface area contributed by atoms with Crippen molar-refractivity contribution in [2.24, 2.45) is 11.3 Å². The molecule has 1 aliphatic carbocycles. The number of methoxy groups -OCH3 is 1. The molecule has 2 rings (SSSR count). The average Bonchev–Trinajstić information content (AvgIpc) is 2.36. The molecule has 3 unspecified atom stereocenters. The van der Waals surface area contributed by atoms with Crippen molar-refractivity contribution < 1.29 is 13.2 Å². The lowest BCUT2D eigenvalue weighted by Gasteiger charge is -2.56. The highest BCUT2D eigenvalue weighted by atomic mass is 32.2. The summed E-state index contributed by atoms with van der Waals surface area (Å²) >= 11 is 0. The van der Waals surface area contributed by atoms with E-state index in [-0.39, 0.29) is 23.5 Å². The number of hydrogen-bond acceptors (Lipinski definition) is 3. The van der Waals surface area contributed by atoms with Gasteiger partial charge in [-0.3, -0.25) is 0 Å². The van der Waals surface area contributed by atoms with Crippen molar-refractivity contribution in [1.82, 2.24) is 4.72 Å². The first-order chi connectivity index (χ1) is 9.20. The Balaban J connectivity index is 2.22. The zero-order chi connectivity index (χ0) is 15.1. The fourth-order valence-corrected chi connectivity index (χ4v) is 4.97. The molecule has 112 valence electrons. The molecule has 1 saturated carbocycles. The Morgan fingerprint density at radius 3 is 2.45 bits per heavy atom. The third kappa shape index (κ3) is 2.50. The molecule has 5 heteroatoms. The normalized spacial score (nSPS) is 28.9. The van der Waals surface area contributed by atoms with E-state index in [1.807, 2.05) is 33.8 Å². The molecule has 3 atom stereocenters. The number of sulfonamides is 1. The van der Waals surface area contributed by atoms with E-state index >= 15 is 0 Å². The fourth-order valence-electron chi connectivity index (χ4n) is 3.38. The summed E-state index contributed by atoms with van der Waals surface area (Å²) in [6, 6.07) is 6.84. The molecule has 0 aromatic heterocycles. The summed E-state index contributed by atoms with van der Waals surface area (Å²) < 4.78 is 33.2. The van der Waals surface area contributed by atoms with E-state index in [0.717, 1.165) is 5.56 Å². The van der Waals surface area contributed by atoms with Gasteiger partial charge in [-0.15, -0.1) is 0 Å². The molecule has 20 heavy (non-hydrogen) atoms. The Labute approximate surface area is 121 Å². The molecular weight excluding hydrogens is 274 g/mol. The third-order valence-electron chi connectivity index (χ3n) is 4.37. The highest BCUT2D eigenvalue weighted by molar-refractivity contribution is 7.89. The van der Waals surface area contributed by atoms with Gasteiger partial charge in [0.05, 0.1) is 11.0 Å². The van der Waals surface area contributed by atoms with Crippen LogP contribution in [0, 0.1) is 18.3 Å². The molecule has 1 aliphatic rings. The Kier molecular flexibility index (Phi) is 3.97. The lowest BCUT2D eigenvalue weighted by molar-refractivity contribution is -0.138. The van der Waals surface area contributed by atoms with Gasteiger partial charge in [0.1, 0.15) is 0 Å². The van der Waals surface area contributed by atoms with Gasteiger partial charge in [-0.25, -0.2) is 13.1 Å². The predicted octanol–water partition coefficient (Wildman–Crippen LogP) is 2.33. The van der Waals surface area contributed by atoms with Gasteiger partial charge in [0, 0.05) is 18.6 Å². The van der Waals surface area contributed by atoms with Gasteiger partial charge in [-0.1, -0.05) is 32.9 Å². The molecule has 1 aromatic carbocycles. The van der Waals surface area contributed by atoms with Crippen LogP contribution in [0.25, 0.3) is 0 Å². The van der Waals surface area contributed by atoms with Gasteiger partial charge in [-0.05, 0) is 30.5 Å². The maximum absolute atomic E-state index is 12.5. The summed E-state index contributed by atoms with van der Waals surface area (Å²) in [7, 11) is -1.81. The molecule has 4 nitrogen and oxygen atoms in total. The van der Waals surface area contributed by atoms with Crippen LogP contribution < -0.4 is 4.72 Å². The maximum Gasteiger partial charge on any atom is 0.240 e. The number of hydrogen-bond donors (Lipinski definition) is 1. The van der Waals surface area contributed by atoms with Crippen molar-refractivity contribution in [2.45, 2.75) is 44.7 Å². The van der Waals surface area contributed by atoms with Gasteiger partial charge < -0.3 is 4.74 Å². The molecule has 0 spiro atoms. The molecule has 1 N–H and O–H groups in total. The minimum absolute atomic E-state index is 0.0766. The van der Waals surface area contributed by atoms with Crippen LogP contribution in [0.4, 0.5) is 0 Å². The second kappa shape index (κ2) is 5.13. The zero-order valence-electron chi connectivity index (χ0n) is 12.7. The topological polar surface area (TPSA) is 55.4 Å². The summed E-state index contributed by atoms with van der Waals surface area (Å²) in [6.07, 6.45) is 0.0766. The number of aryl methyl sites for hydroxylation is 1. The largest absolute Gasteiger partial charge is 0.380 e. The lowest BCUT2D eigenvalue weighted by atomic mass is 9.58. The second-order valence-corrected chi connectivity index (χ2v) is 7.97. The zero-order valence-corrected chi connectivity index (χ0v) is 13.5. The minimum atomic E-state index is -3.48. The summed E-state index contributed by atoms with van der Waals surface area (Å²) in [6.45, 7) is 7.97. The van der Waals surface area contributed by atoms with E-state index < -0.39 is 10.0 Å². The lowest BCUT2D eigenvalue weighted by Crippen LogP contribution is -2.67. The van der Waals surface area contributed by atoms with Crippen molar-refractivity contribution in [3.8, 4) is 0 Å². The number of nitrogens with one attached hydrogen (secondary N) is 1. The SMILES string of the molecule is COC1C(C)C(NS(=O)(=O)c2cccc(C)c2)C1(C)C. The smallest absolute Gasteiger partial charge is 0.240 e. The Morgan fingerprint density at radius 2 is 1.95 bits per heavy atom. The molecule has 1 fully saturated rings. The fraction of sp³-hybridized carbons (Fsp3) is 0.600. The van der Waals surface area contributed by atoms with E-state index in [2.05, 4.69) is 4.72 Å². The number of ether oxygens (including phenoxy) is 1. The monoisotopic (exact) mass is 297 g/mol. The van der Waals surface area contributed by atoms with E-state index in [4.69, 9.17) is 4.74 Å². The van der Waals surface area contributed by atoms with Gasteiger partial charge in [0.15, 0.2) is 0 Å². The van der Waals surface area contributed by atoms with Crippen LogP contribution in [0.15, 0.2) is 29.2 Å². The van der Waals surface area contributed by atoms with E-state index in [1.54, 1.807) is 25.3 Å². The Bertz CT molecular complexity index is 595. The molecule has 0 radical (unpaired) electrons. The predicted molar refractivity (Wildman–Crippen MR) is 79.0 cm³/mol. The van der Waals surface area contributed by atoms with Crippen molar-refractivity contribution in [3.63, 3.8) is 0 Å². The molecule has 0 aliphatic heterocycles. The van der Waals surface area contributed by atoms with Crippen molar-refractivity contribution in [1.29, 1.82) is 0 Å². The van der Waals surface area contributed by atoms with Gasteiger partial charge >= 0.3 is 0 Å². The molecular formula is C15H23NO3S. The first kappa shape index (κ1) is 15.5.